The molecule has 2 N–H and O–H groups in total. The van der Waals surface area contributed by atoms with E-state index in [1.165, 1.54) is 6.07 Å². The average molecular weight is 437 g/mol. The Morgan fingerprint density at radius 2 is 2.00 bits per heavy atom. The van der Waals surface area contributed by atoms with E-state index >= 15 is 0 Å². The number of anilines is 2. The summed E-state index contributed by atoms with van der Waals surface area (Å²) in [5.74, 6) is -0.381. The van der Waals surface area contributed by atoms with E-state index in [0.717, 1.165) is 0 Å². The molecule has 3 aromatic rings. The normalized spacial score (nSPS) is 15.9. The van der Waals surface area contributed by atoms with Crippen molar-refractivity contribution in [2.24, 2.45) is 5.92 Å². The van der Waals surface area contributed by atoms with Crippen LogP contribution in [-0.4, -0.2) is 28.3 Å². The third-order valence-corrected chi connectivity index (χ3v) is 5.41. The Kier molecular flexibility index (Phi) is 5.86. The second kappa shape index (κ2) is 8.73. The highest BCUT2D eigenvalue weighted by Gasteiger charge is 2.35. The van der Waals surface area contributed by atoms with E-state index in [1.807, 2.05) is 13.0 Å². The van der Waals surface area contributed by atoms with E-state index in [-0.39, 0.29) is 30.3 Å². The van der Waals surface area contributed by atoms with Crippen LogP contribution in [0.25, 0.3) is 11.4 Å². The molecule has 1 aromatic heterocycles. The molecule has 1 saturated heterocycles. The topological polar surface area (TPSA) is 95.2 Å². The lowest BCUT2D eigenvalue weighted by molar-refractivity contribution is -0.122. The minimum Gasteiger partial charge on any atom is -0.326 e. The van der Waals surface area contributed by atoms with E-state index in [4.69, 9.17) is 11.6 Å². The fourth-order valence-electron chi connectivity index (χ4n) is 3.59. The number of carbonyl (C=O) groups excluding carboxylic acids is 2. The first-order valence-electron chi connectivity index (χ1n) is 10.0. The lowest BCUT2D eigenvalue weighted by atomic mass is 10.1. The first-order valence-corrected chi connectivity index (χ1v) is 10.4. The van der Waals surface area contributed by atoms with Crippen LogP contribution in [0.4, 0.5) is 11.4 Å². The van der Waals surface area contributed by atoms with Gasteiger partial charge in [0.25, 0.3) is 5.56 Å². The summed E-state index contributed by atoms with van der Waals surface area (Å²) in [6.45, 7) is 2.22. The number of aromatic amines is 1. The van der Waals surface area contributed by atoms with Crippen molar-refractivity contribution in [1.29, 1.82) is 0 Å². The number of hydrogen-bond donors (Lipinski definition) is 2. The van der Waals surface area contributed by atoms with Crippen molar-refractivity contribution in [2.75, 3.05) is 16.8 Å². The predicted octanol–water partition coefficient (Wildman–Crippen LogP) is 3.64. The summed E-state index contributed by atoms with van der Waals surface area (Å²) >= 11 is 6.03. The predicted molar refractivity (Wildman–Crippen MR) is 120 cm³/mol. The molecule has 1 aliphatic heterocycles. The fourth-order valence-corrected chi connectivity index (χ4v) is 3.78. The molecule has 2 aromatic carbocycles. The Bertz CT molecular complexity index is 1210. The van der Waals surface area contributed by atoms with Gasteiger partial charge in [-0.25, -0.2) is 4.98 Å². The van der Waals surface area contributed by atoms with Crippen molar-refractivity contribution < 1.29 is 9.59 Å². The van der Waals surface area contributed by atoms with Crippen LogP contribution in [0.5, 0.6) is 0 Å². The van der Waals surface area contributed by atoms with Gasteiger partial charge in [-0.15, -0.1) is 0 Å². The van der Waals surface area contributed by atoms with Gasteiger partial charge in [0.2, 0.25) is 11.8 Å². The van der Waals surface area contributed by atoms with Gasteiger partial charge in [-0.1, -0.05) is 36.7 Å². The largest absolute Gasteiger partial charge is 0.326 e. The van der Waals surface area contributed by atoms with Gasteiger partial charge >= 0.3 is 0 Å². The Labute approximate surface area is 184 Å². The maximum atomic E-state index is 12.8. The maximum Gasteiger partial charge on any atom is 0.251 e. The summed E-state index contributed by atoms with van der Waals surface area (Å²) in [6, 6.07) is 15.6. The molecule has 0 radical (unpaired) electrons. The van der Waals surface area contributed by atoms with Crippen LogP contribution in [0, 0.1) is 5.92 Å². The second-order valence-corrected chi connectivity index (χ2v) is 7.83. The van der Waals surface area contributed by atoms with Gasteiger partial charge in [0.1, 0.15) is 5.82 Å². The summed E-state index contributed by atoms with van der Waals surface area (Å²) in [4.78, 5) is 45.9. The lowest BCUT2D eigenvalue weighted by Crippen LogP contribution is -2.28. The zero-order chi connectivity index (χ0) is 22.0. The smallest absolute Gasteiger partial charge is 0.251 e. The Hall–Kier alpha value is -3.45. The number of rotatable bonds is 5. The molecular weight excluding hydrogens is 416 g/mol. The molecule has 31 heavy (non-hydrogen) atoms. The summed E-state index contributed by atoms with van der Waals surface area (Å²) in [5.41, 5.74) is 2.41. The number of nitrogens with zero attached hydrogens (tertiary/aromatic N) is 2. The van der Waals surface area contributed by atoms with Crippen molar-refractivity contribution >= 4 is 34.8 Å². The lowest BCUT2D eigenvalue weighted by Gasteiger charge is -2.17. The number of hydrogen-bond acceptors (Lipinski definition) is 4. The van der Waals surface area contributed by atoms with E-state index in [1.54, 1.807) is 47.4 Å². The van der Waals surface area contributed by atoms with Gasteiger partial charge in [-0.05, 0) is 36.8 Å². The van der Waals surface area contributed by atoms with E-state index < -0.39 is 5.92 Å². The van der Waals surface area contributed by atoms with Crippen molar-refractivity contribution in [3.8, 4) is 11.4 Å². The molecule has 1 unspecified atom stereocenters. The number of amides is 2. The highest BCUT2D eigenvalue weighted by molar-refractivity contribution is 6.31. The number of halogens is 1. The number of nitrogens with one attached hydrogen (secondary N) is 2. The number of aromatic nitrogens is 2. The van der Waals surface area contributed by atoms with Gasteiger partial charge in [0.15, 0.2) is 0 Å². The van der Waals surface area contributed by atoms with Gasteiger partial charge < -0.3 is 15.2 Å². The molecule has 7 nitrogen and oxygen atoms in total. The molecule has 1 aliphatic rings. The first-order chi connectivity index (χ1) is 14.9. The Morgan fingerprint density at radius 1 is 1.19 bits per heavy atom. The summed E-state index contributed by atoms with van der Waals surface area (Å²) < 4.78 is 0. The summed E-state index contributed by atoms with van der Waals surface area (Å²) in [7, 11) is 0. The molecule has 8 heteroatoms. The number of carbonyl (C=O) groups is 2. The monoisotopic (exact) mass is 436 g/mol. The molecule has 2 amide bonds. The Morgan fingerprint density at radius 3 is 2.77 bits per heavy atom. The molecule has 0 spiro atoms. The van der Waals surface area contributed by atoms with Gasteiger partial charge in [-0.2, -0.15) is 0 Å². The number of H-pyrrole nitrogens is 1. The quantitative estimate of drug-likeness (QED) is 0.638. The van der Waals surface area contributed by atoms with Crippen LogP contribution in [-0.2, 0) is 16.0 Å². The molecule has 0 aliphatic carbocycles. The van der Waals surface area contributed by atoms with Crippen molar-refractivity contribution in [1.82, 2.24) is 9.97 Å². The van der Waals surface area contributed by atoms with E-state index in [2.05, 4.69) is 15.3 Å². The minimum atomic E-state index is -0.475. The van der Waals surface area contributed by atoms with Crippen molar-refractivity contribution in [3.05, 3.63) is 75.7 Å². The van der Waals surface area contributed by atoms with Gasteiger partial charge in [0, 0.05) is 46.7 Å². The zero-order valence-corrected chi connectivity index (χ0v) is 17.6. The van der Waals surface area contributed by atoms with Gasteiger partial charge in [0.05, 0.1) is 5.92 Å². The molecular formula is C23H21ClN4O3. The maximum absolute atomic E-state index is 12.8. The third-order valence-electron chi connectivity index (χ3n) is 5.18. The van der Waals surface area contributed by atoms with Crippen LogP contribution >= 0.6 is 11.6 Å². The van der Waals surface area contributed by atoms with Crippen LogP contribution in [0.3, 0.4) is 0 Å². The summed E-state index contributed by atoms with van der Waals surface area (Å²) in [5, 5.41) is 3.41. The molecule has 0 bridgehead atoms. The first kappa shape index (κ1) is 20.8. The van der Waals surface area contributed by atoms with Crippen LogP contribution < -0.4 is 15.8 Å². The second-order valence-electron chi connectivity index (χ2n) is 7.39. The van der Waals surface area contributed by atoms with E-state index in [0.29, 0.717) is 39.9 Å². The summed E-state index contributed by atoms with van der Waals surface area (Å²) in [6.07, 6.45) is 0.775. The highest BCUT2D eigenvalue weighted by atomic mass is 35.5. The Balaban J connectivity index is 1.49. The van der Waals surface area contributed by atoms with Crippen LogP contribution in [0.15, 0.2) is 59.4 Å². The van der Waals surface area contributed by atoms with Crippen molar-refractivity contribution in [3.63, 3.8) is 0 Å². The van der Waals surface area contributed by atoms with Gasteiger partial charge in [-0.3, -0.25) is 14.4 Å². The van der Waals surface area contributed by atoms with Crippen LogP contribution in [0.2, 0.25) is 5.02 Å². The minimum absolute atomic E-state index is 0.116. The molecule has 158 valence electrons. The number of benzene rings is 2. The SMILES string of the molecule is CCc1cc(=O)[nH]c(-c2cccc(NC(=O)C3CC(=O)N(c4cccc(Cl)c4)C3)c2)n1. The highest BCUT2D eigenvalue weighted by Crippen LogP contribution is 2.28. The zero-order valence-electron chi connectivity index (χ0n) is 16.9. The fraction of sp³-hybridized carbons (Fsp3) is 0.217. The molecule has 4 rings (SSSR count). The van der Waals surface area contributed by atoms with Crippen molar-refractivity contribution in [2.45, 2.75) is 19.8 Å². The van der Waals surface area contributed by atoms with E-state index in [9.17, 15) is 14.4 Å². The molecule has 1 atom stereocenters. The molecule has 0 saturated carbocycles. The molecule has 1 fully saturated rings. The third kappa shape index (κ3) is 4.67. The molecule has 2 heterocycles. The standard InChI is InChI=1S/C23H21ClN4O3/c1-2-17-12-20(29)27-22(25-17)14-5-3-7-18(9-14)26-23(31)15-10-21(30)28(13-15)19-8-4-6-16(24)11-19/h3-9,11-12,15H,2,10,13H2,1H3,(H,26,31)(H,25,27,29). The average Bonchev–Trinajstić information content (AvgIpc) is 3.15. The number of aryl methyl sites for hydroxylation is 1. The van der Waals surface area contributed by atoms with Crippen LogP contribution in [0.1, 0.15) is 19.0 Å².